The summed E-state index contributed by atoms with van der Waals surface area (Å²) in [7, 11) is 1.30. The summed E-state index contributed by atoms with van der Waals surface area (Å²) in [6.45, 7) is 2.71. The van der Waals surface area contributed by atoms with Crippen LogP contribution in [0.3, 0.4) is 0 Å². The number of nitrogens with zero attached hydrogens (tertiary/aromatic N) is 1. The molecule has 0 spiro atoms. The first-order chi connectivity index (χ1) is 17.9. The van der Waals surface area contributed by atoms with E-state index in [4.69, 9.17) is 9.47 Å². The lowest BCUT2D eigenvalue weighted by atomic mass is 10.0. The summed E-state index contributed by atoms with van der Waals surface area (Å²) < 4.78 is 9.85. The molecular formula is C27H27N3O6S. The number of hydrogen-bond acceptors (Lipinski definition) is 7. The molecule has 1 aliphatic heterocycles. The number of ether oxygens (including phenoxy) is 2. The van der Waals surface area contributed by atoms with Gasteiger partial charge in [-0.1, -0.05) is 30.3 Å². The van der Waals surface area contributed by atoms with Crippen LogP contribution < -0.4 is 10.6 Å². The molecule has 4 rings (SSSR count). The Morgan fingerprint density at radius 2 is 1.73 bits per heavy atom. The topological polar surface area (TPSA) is 114 Å². The van der Waals surface area contributed by atoms with Crippen LogP contribution in [0.4, 0.5) is 15.5 Å². The molecule has 192 valence electrons. The number of carbonyl (C=O) groups excluding carboxylic acids is 4. The van der Waals surface area contributed by atoms with Crippen LogP contribution in [-0.4, -0.2) is 49.0 Å². The second-order valence-electron chi connectivity index (χ2n) is 8.31. The van der Waals surface area contributed by atoms with Crippen LogP contribution in [0.15, 0.2) is 54.6 Å². The van der Waals surface area contributed by atoms with Crippen molar-refractivity contribution in [2.75, 3.05) is 30.9 Å². The molecule has 3 amide bonds. The number of carbonyl (C=O) groups is 4. The molecule has 2 heterocycles. The monoisotopic (exact) mass is 521 g/mol. The SMILES string of the molecule is CCOC(=O)N1CCc2c(sc(NC(=O)Cc3ccccc3)c2C(=O)Nc2ccc(C(=O)OC)cc2)C1. The van der Waals surface area contributed by atoms with Crippen LogP contribution in [0.5, 0.6) is 0 Å². The first-order valence-corrected chi connectivity index (χ1v) is 12.6. The van der Waals surface area contributed by atoms with Crippen LogP contribution in [0.1, 0.15) is 43.6 Å². The Kier molecular flexibility index (Phi) is 8.19. The van der Waals surface area contributed by atoms with E-state index >= 15 is 0 Å². The van der Waals surface area contributed by atoms with E-state index in [2.05, 4.69) is 10.6 Å². The molecule has 0 atom stereocenters. The summed E-state index contributed by atoms with van der Waals surface area (Å²) in [6, 6.07) is 15.7. The second kappa shape index (κ2) is 11.7. The third kappa shape index (κ3) is 6.15. The van der Waals surface area contributed by atoms with E-state index in [1.807, 2.05) is 30.3 Å². The smallest absolute Gasteiger partial charge is 0.410 e. The molecule has 0 aliphatic carbocycles. The molecule has 0 saturated carbocycles. The van der Waals surface area contributed by atoms with Crippen LogP contribution >= 0.6 is 11.3 Å². The Morgan fingerprint density at radius 1 is 1.00 bits per heavy atom. The maximum atomic E-state index is 13.4. The number of anilines is 2. The van der Waals surface area contributed by atoms with Gasteiger partial charge in [-0.15, -0.1) is 11.3 Å². The van der Waals surface area contributed by atoms with E-state index in [9.17, 15) is 19.2 Å². The van der Waals surface area contributed by atoms with Crippen LogP contribution in [-0.2, 0) is 33.7 Å². The number of rotatable bonds is 7. The average Bonchev–Trinajstić information content (AvgIpc) is 3.26. The van der Waals surface area contributed by atoms with Crippen molar-refractivity contribution in [2.24, 2.45) is 0 Å². The Balaban J connectivity index is 1.59. The molecule has 0 unspecified atom stereocenters. The number of amides is 3. The van der Waals surface area contributed by atoms with Crippen molar-refractivity contribution >= 4 is 45.9 Å². The van der Waals surface area contributed by atoms with Gasteiger partial charge in [0.15, 0.2) is 0 Å². The highest BCUT2D eigenvalue weighted by atomic mass is 32.1. The van der Waals surface area contributed by atoms with Crippen LogP contribution in [0.25, 0.3) is 0 Å². The third-order valence-corrected chi connectivity index (χ3v) is 6.97. The van der Waals surface area contributed by atoms with E-state index in [1.54, 1.807) is 36.1 Å². The van der Waals surface area contributed by atoms with Gasteiger partial charge in [-0.3, -0.25) is 9.59 Å². The molecule has 1 aliphatic rings. The predicted molar refractivity (Wildman–Crippen MR) is 140 cm³/mol. The number of benzene rings is 2. The van der Waals surface area contributed by atoms with Crippen LogP contribution in [0, 0.1) is 0 Å². The molecule has 37 heavy (non-hydrogen) atoms. The Morgan fingerprint density at radius 3 is 2.41 bits per heavy atom. The lowest BCUT2D eigenvalue weighted by Crippen LogP contribution is -2.36. The Hall–Kier alpha value is -4.18. The van der Waals surface area contributed by atoms with Gasteiger partial charge in [0, 0.05) is 17.1 Å². The Labute approximate surface area is 218 Å². The minimum atomic E-state index is -0.473. The number of thiophene rings is 1. The van der Waals surface area contributed by atoms with E-state index < -0.39 is 12.1 Å². The summed E-state index contributed by atoms with van der Waals surface area (Å²) in [5.74, 6) is -1.11. The van der Waals surface area contributed by atoms with Crippen LogP contribution in [0.2, 0.25) is 0 Å². The van der Waals surface area contributed by atoms with Crippen molar-refractivity contribution in [1.29, 1.82) is 0 Å². The van der Waals surface area contributed by atoms with Gasteiger partial charge < -0.3 is 25.0 Å². The van der Waals surface area contributed by atoms with E-state index in [0.717, 1.165) is 16.0 Å². The van der Waals surface area contributed by atoms with Crippen molar-refractivity contribution in [2.45, 2.75) is 26.3 Å². The first kappa shape index (κ1) is 25.9. The van der Waals surface area contributed by atoms with Crippen molar-refractivity contribution in [1.82, 2.24) is 4.90 Å². The van der Waals surface area contributed by atoms with Gasteiger partial charge in [-0.2, -0.15) is 0 Å². The zero-order valence-corrected chi connectivity index (χ0v) is 21.4. The predicted octanol–water partition coefficient (Wildman–Crippen LogP) is 4.48. The van der Waals surface area contributed by atoms with Gasteiger partial charge in [-0.25, -0.2) is 9.59 Å². The third-order valence-electron chi connectivity index (χ3n) is 5.83. The number of esters is 1. The summed E-state index contributed by atoms with van der Waals surface area (Å²) >= 11 is 1.28. The maximum Gasteiger partial charge on any atom is 0.410 e. The summed E-state index contributed by atoms with van der Waals surface area (Å²) in [5, 5.41) is 6.19. The zero-order chi connectivity index (χ0) is 26.4. The molecule has 0 bridgehead atoms. The standard InChI is InChI=1S/C27H27N3O6S/c1-3-36-27(34)30-14-13-20-21(16-30)37-25(29-22(31)15-17-7-5-4-6-8-17)23(20)24(32)28-19-11-9-18(10-12-19)26(33)35-2/h4-12H,3,13-16H2,1-2H3,(H,28,32)(H,29,31). The minimum absolute atomic E-state index is 0.161. The molecule has 2 N–H and O–H groups in total. The fraction of sp³-hybridized carbons (Fsp3) is 0.259. The summed E-state index contributed by atoms with van der Waals surface area (Å²) in [4.78, 5) is 52.7. The van der Waals surface area contributed by atoms with Gasteiger partial charge in [0.2, 0.25) is 5.91 Å². The van der Waals surface area contributed by atoms with Gasteiger partial charge in [0.1, 0.15) is 5.00 Å². The van der Waals surface area contributed by atoms with E-state index in [0.29, 0.717) is 41.3 Å². The minimum Gasteiger partial charge on any atom is -0.465 e. The molecule has 10 heteroatoms. The van der Waals surface area contributed by atoms with Gasteiger partial charge in [-0.05, 0) is 48.7 Å². The van der Waals surface area contributed by atoms with Gasteiger partial charge in [0.25, 0.3) is 5.91 Å². The molecule has 0 saturated heterocycles. The second-order valence-corrected chi connectivity index (χ2v) is 9.42. The quantitative estimate of drug-likeness (QED) is 0.443. The largest absolute Gasteiger partial charge is 0.465 e. The zero-order valence-electron chi connectivity index (χ0n) is 20.5. The summed E-state index contributed by atoms with van der Waals surface area (Å²) in [5.41, 5.74) is 2.88. The fourth-order valence-electron chi connectivity index (χ4n) is 4.06. The van der Waals surface area contributed by atoms with Gasteiger partial charge in [0.05, 0.1) is 37.8 Å². The average molecular weight is 522 g/mol. The maximum absolute atomic E-state index is 13.4. The molecule has 1 aromatic heterocycles. The normalized spacial score (nSPS) is 12.3. The molecule has 0 radical (unpaired) electrons. The first-order valence-electron chi connectivity index (χ1n) is 11.8. The highest BCUT2D eigenvalue weighted by Gasteiger charge is 2.31. The Bertz CT molecular complexity index is 1300. The highest BCUT2D eigenvalue weighted by molar-refractivity contribution is 7.17. The van der Waals surface area contributed by atoms with Crippen molar-refractivity contribution in [3.05, 3.63) is 81.7 Å². The number of methoxy groups -OCH3 is 1. The van der Waals surface area contributed by atoms with E-state index in [1.165, 1.54) is 18.4 Å². The molecule has 2 aromatic carbocycles. The number of fused-ring (bicyclic) bond motifs is 1. The van der Waals surface area contributed by atoms with Crippen molar-refractivity contribution in [3.63, 3.8) is 0 Å². The van der Waals surface area contributed by atoms with Crippen molar-refractivity contribution < 1.29 is 28.7 Å². The highest BCUT2D eigenvalue weighted by Crippen LogP contribution is 2.38. The van der Waals surface area contributed by atoms with Gasteiger partial charge >= 0.3 is 12.1 Å². The molecule has 0 fully saturated rings. The van der Waals surface area contributed by atoms with E-state index in [-0.39, 0.29) is 24.8 Å². The lowest BCUT2D eigenvalue weighted by molar-refractivity contribution is -0.115. The number of hydrogen-bond donors (Lipinski definition) is 2. The lowest BCUT2D eigenvalue weighted by Gasteiger charge is -2.26. The summed E-state index contributed by atoms with van der Waals surface area (Å²) in [6.07, 6.45) is 0.199. The fourth-order valence-corrected chi connectivity index (χ4v) is 5.33. The van der Waals surface area contributed by atoms with Crippen molar-refractivity contribution in [3.8, 4) is 0 Å². The number of nitrogens with one attached hydrogen (secondary N) is 2. The molecular weight excluding hydrogens is 494 g/mol. The molecule has 9 nitrogen and oxygen atoms in total. The molecule has 3 aromatic rings.